The molecule has 0 aliphatic heterocycles. The number of thiocarbonyl (C=S) groups is 1. The maximum Gasteiger partial charge on any atom is 0.269 e. The van der Waals surface area contributed by atoms with Gasteiger partial charge in [0.05, 0.1) is 6.61 Å². The van der Waals surface area contributed by atoms with Crippen LogP contribution in [0.2, 0.25) is 5.02 Å². The zero-order chi connectivity index (χ0) is 21.9. The standard InChI is InChI=1S/C22H24ClN3O3S/c1-15(2)13-14-29-18-10-7-17(8-11-18)21(28)25-26-22(30)24-20(27)12-9-16-5-3-4-6-19(16)23/h3-12,15H,13-14H2,1-2H3,(H,25,28)(H2,24,26,27,30)/b12-9+. The van der Waals surface area contributed by atoms with E-state index in [0.717, 1.165) is 6.42 Å². The predicted molar refractivity (Wildman–Crippen MR) is 123 cm³/mol. The van der Waals surface area contributed by atoms with Gasteiger partial charge in [-0.05, 0) is 66.5 Å². The lowest BCUT2D eigenvalue weighted by molar-refractivity contribution is -0.115. The van der Waals surface area contributed by atoms with E-state index in [4.69, 9.17) is 28.6 Å². The number of hydrogen-bond acceptors (Lipinski definition) is 4. The first-order chi connectivity index (χ1) is 14.3. The number of amides is 2. The number of carbonyl (C=O) groups is 2. The van der Waals surface area contributed by atoms with E-state index in [1.165, 1.54) is 6.08 Å². The summed E-state index contributed by atoms with van der Waals surface area (Å²) in [6, 6.07) is 13.9. The normalized spacial score (nSPS) is 10.7. The number of hydrogen-bond donors (Lipinski definition) is 3. The Morgan fingerprint density at radius 3 is 2.47 bits per heavy atom. The molecular formula is C22H24ClN3O3S. The smallest absolute Gasteiger partial charge is 0.269 e. The number of benzene rings is 2. The van der Waals surface area contributed by atoms with Gasteiger partial charge in [0, 0.05) is 16.7 Å². The molecule has 158 valence electrons. The molecule has 0 unspecified atom stereocenters. The van der Waals surface area contributed by atoms with Gasteiger partial charge in [0.2, 0.25) is 5.91 Å². The van der Waals surface area contributed by atoms with Gasteiger partial charge in [-0.25, -0.2) is 0 Å². The van der Waals surface area contributed by atoms with Gasteiger partial charge in [0.25, 0.3) is 5.91 Å². The van der Waals surface area contributed by atoms with Crippen LogP contribution in [0, 0.1) is 5.92 Å². The predicted octanol–water partition coefficient (Wildman–Crippen LogP) is 4.11. The lowest BCUT2D eigenvalue weighted by Crippen LogP contribution is -2.48. The average molecular weight is 446 g/mol. The molecule has 30 heavy (non-hydrogen) atoms. The monoisotopic (exact) mass is 445 g/mol. The lowest BCUT2D eigenvalue weighted by Gasteiger charge is -2.11. The topological polar surface area (TPSA) is 79.5 Å². The average Bonchev–Trinajstić information content (AvgIpc) is 2.71. The van der Waals surface area contributed by atoms with Gasteiger partial charge in [-0.3, -0.25) is 25.8 Å². The summed E-state index contributed by atoms with van der Waals surface area (Å²) in [5, 5.41) is 2.93. The zero-order valence-electron chi connectivity index (χ0n) is 16.8. The van der Waals surface area contributed by atoms with Crippen LogP contribution in [0.15, 0.2) is 54.6 Å². The first-order valence-corrected chi connectivity index (χ1v) is 10.2. The molecule has 0 fully saturated rings. The minimum absolute atomic E-state index is 0.0363. The minimum atomic E-state index is -0.454. The van der Waals surface area contributed by atoms with Crippen LogP contribution in [-0.2, 0) is 4.79 Å². The maximum atomic E-state index is 12.2. The van der Waals surface area contributed by atoms with Gasteiger partial charge in [-0.15, -0.1) is 0 Å². The van der Waals surface area contributed by atoms with Crippen LogP contribution in [0.1, 0.15) is 36.2 Å². The molecule has 2 rings (SSSR count). The van der Waals surface area contributed by atoms with E-state index in [-0.39, 0.29) is 5.11 Å². The molecule has 0 saturated heterocycles. The Hall–Kier alpha value is -2.90. The molecule has 0 saturated carbocycles. The molecule has 2 aromatic carbocycles. The van der Waals surface area contributed by atoms with E-state index in [1.54, 1.807) is 48.5 Å². The quantitative estimate of drug-likeness (QED) is 0.339. The van der Waals surface area contributed by atoms with Crippen molar-refractivity contribution >= 4 is 46.8 Å². The van der Waals surface area contributed by atoms with Crippen molar-refractivity contribution in [3.63, 3.8) is 0 Å². The fraction of sp³-hybridized carbons (Fsp3) is 0.227. The number of nitrogens with one attached hydrogen (secondary N) is 3. The van der Waals surface area contributed by atoms with Crippen LogP contribution in [0.5, 0.6) is 5.75 Å². The Bertz CT molecular complexity index is 914. The Balaban J connectivity index is 1.76. The Morgan fingerprint density at radius 2 is 1.80 bits per heavy atom. The second-order valence-electron chi connectivity index (χ2n) is 6.81. The summed E-state index contributed by atoms with van der Waals surface area (Å²) in [6.07, 6.45) is 3.83. The highest BCUT2D eigenvalue weighted by Crippen LogP contribution is 2.16. The summed E-state index contributed by atoms with van der Waals surface area (Å²) >= 11 is 11.0. The van der Waals surface area contributed by atoms with Crippen molar-refractivity contribution in [3.8, 4) is 5.75 Å². The molecule has 0 radical (unpaired) electrons. The number of rotatable bonds is 7. The van der Waals surface area contributed by atoms with E-state index >= 15 is 0 Å². The van der Waals surface area contributed by atoms with E-state index < -0.39 is 11.8 Å². The summed E-state index contributed by atoms with van der Waals surface area (Å²) in [6.45, 7) is 4.89. The van der Waals surface area contributed by atoms with E-state index in [0.29, 0.717) is 34.4 Å². The van der Waals surface area contributed by atoms with Crippen molar-refractivity contribution in [2.75, 3.05) is 6.61 Å². The lowest BCUT2D eigenvalue weighted by atomic mass is 10.1. The third kappa shape index (κ3) is 8.23. The molecule has 6 nitrogen and oxygen atoms in total. The second kappa shape index (κ2) is 11.9. The van der Waals surface area contributed by atoms with Crippen molar-refractivity contribution in [1.29, 1.82) is 0 Å². The summed E-state index contributed by atoms with van der Waals surface area (Å²) in [7, 11) is 0. The molecule has 0 aromatic heterocycles. The maximum absolute atomic E-state index is 12.2. The van der Waals surface area contributed by atoms with Gasteiger partial charge in [0.1, 0.15) is 5.75 Å². The van der Waals surface area contributed by atoms with Crippen molar-refractivity contribution < 1.29 is 14.3 Å². The fourth-order valence-electron chi connectivity index (χ4n) is 2.26. The van der Waals surface area contributed by atoms with Crippen LogP contribution in [0.25, 0.3) is 6.08 Å². The number of hydrazine groups is 1. The molecule has 2 aromatic rings. The highest BCUT2D eigenvalue weighted by atomic mass is 35.5. The van der Waals surface area contributed by atoms with E-state index in [2.05, 4.69) is 30.0 Å². The van der Waals surface area contributed by atoms with Crippen molar-refractivity contribution in [1.82, 2.24) is 16.2 Å². The number of carbonyl (C=O) groups excluding carboxylic acids is 2. The first-order valence-electron chi connectivity index (χ1n) is 9.42. The van der Waals surface area contributed by atoms with E-state index in [9.17, 15) is 9.59 Å². The number of ether oxygens (including phenoxy) is 1. The molecule has 2 amide bonds. The molecule has 0 spiro atoms. The molecular weight excluding hydrogens is 422 g/mol. The van der Waals surface area contributed by atoms with Crippen molar-refractivity contribution in [2.45, 2.75) is 20.3 Å². The molecule has 0 aliphatic carbocycles. The molecule has 3 N–H and O–H groups in total. The highest BCUT2D eigenvalue weighted by Gasteiger charge is 2.07. The first kappa shape index (κ1) is 23.4. The van der Waals surface area contributed by atoms with Gasteiger partial charge in [0.15, 0.2) is 5.11 Å². The largest absolute Gasteiger partial charge is 0.494 e. The van der Waals surface area contributed by atoms with Crippen molar-refractivity contribution in [2.24, 2.45) is 5.92 Å². The molecule has 0 heterocycles. The number of halogens is 1. The third-order valence-electron chi connectivity index (χ3n) is 3.93. The fourth-order valence-corrected chi connectivity index (χ4v) is 2.61. The van der Waals surface area contributed by atoms with Gasteiger partial charge in [-0.1, -0.05) is 43.6 Å². The Kier molecular flexibility index (Phi) is 9.31. The van der Waals surface area contributed by atoms with Crippen LogP contribution < -0.4 is 20.9 Å². The summed E-state index contributed by atoms with van der Waals surface area (Å²) in [4.78, 5) is 24.1. The molecule has 0 bridgehead atoms. The molecule has 8 heteroatoms. The molecule has 0 atom stereocenters. The third-order valence-corrected chi connectivity index (χ3v) is 4.47. The van der Waals surface area contributed by atoms with Gasteiger partial charge < -0.3 is 4.74 Å². The van der Waals surface area contributed by atoms with Gasteiger partial charge >= 0.3 is 0 Å². The SMILES string of the molecule is CC(C)CCOc1ccc(C(=O)NNC(=S)NC(=O)/C=C/c2ccccc2Cl)cc1. The van der Waals surface area contributed by atoms with Gasteiger partial charge in [-0.2, -0.15) is 0 Å². The summed E-state index contributed by atoms with van der Waals surface area (Å²) in [5.74, 6) is 0.418. The van der Waals surface area contributed by atoms with Crippen molar-refractivity contribution in [3.05, 3.63) is 70.8 Å². The molecule has 0 aliphatic rings. The Morgan fingerprint density at radius 1 is 1.10 bits per heavy atom. The van der Waals surface area contributed by atoms with Crippen LogP contribution >= 0.6 is 23.8 Å². The summed E-state index contributed by atoms with van der Waals surface area (Å²) in [5.41, 5.74) is 6.05. The Labute approximate surface area is 186 Å². The van der Waals surface area contributed by atoms with E-state index in [1.807, 2.05) is 6.07 Å². The zero-order valence-corrected chi connectivity index (χ0v) is 18.3. The van der Waals surface area contributed by atoms with Crippen LogP contribution in [0.3, 0.4) is 0 Å². The minimum Gasteiger partial charge on any atom is -0.494 e. The second-order valence-corrected chi connectivity index (χ2v) is 7.62. The summed E-state index contributed by atoms with van der Waals surface area (Å²) < 4.78 is 5.63. The van der Waals surface area contributed by atoms with Crippen LogP contribution in [-0.4, -0.2) is 23.5 Å². The van der Waals surface area contributed by atoms with Crippen LogP contribution in [0.4, 0.5) is 0 Å². The highest BCUT2D eigenvalue weighted by molar-refractivity contribution is 7.80.